The van der Waals surface area contributed by atoms with E-state index < -0.39 is 0 Å². The zero-order chi connectivity index (χ0) is 21.8. The van der Waals surface area contributed by atoms with Crippen LogP contribution in [0.2, 0.25) is 0 Å². The lowest BCUT2D eigenvalue weighted by Crippen LogP contribution is -2.48. The van der Waals surface area contributed by atoms with Crippen molar-refractivity contribution in [3.63, 3.8) is 0 Å². The molecule has 31 heavy (non-hydrogen) atoms. The maximum Gasteiger partial charge on any atom is 0.241 e. The van der Waals surface area contributed by atoms with E-state index in [1.54, 1.807) is 17.2 Å². The standard InChI is InChI=1S/C22H26N6O3/c1-15-11-20(29)25-17-6-2-3-7-18(17)28(15)21(30)14-27-10-4-5-16(13-27)22(31)26-19-12-23-8-9-24-19/h2-3,6-9,12,15-16H,4-5,10-11,13-14H2,1H3,(H,25,29)(H,24,26,31)/t15-,16+/m1/s1. The summed E-state index contributed by atoms with van der Waals surface area (Å²) in [5.74, 6) is -0.0881. The Morgan fingerprint density at radius 2 is 2.10 bits per heavy atom. The number of para-hydroxylation sites is 2. The van der Waals surface area contributed by atoms with E-state index >= 15 is 0 Å². The smallest absolute Gasteiger partial charge is 0.241 e. The second kappa shape index (κ2) is 9.22. The predicted octanol–water partition coefficient (Wildman–Crippen LogP) is 1.89. The number of hydrogen-bond donors (Lipinski definition) is 2. The quantitative estimate of drug-likeness (QED) is 0.779. The van der Waals surface area contributed by atoms with E-state index in [2.05, 4.69) is 20.6 Å². The molecule has 0 unspecified atom stereocenters. The summed E-state index contributed by atoms with van der Waals surface area (Å²) in [4.78, 5) is 49.9. The number of amides is 3. The molecule has 1 saturated heterocycles. The van der Waals surface area contributed by atoms with Crippen LogP contribution in [0.5, 0.6) is 0 Å². The van der Waals surface area contributed by atoms with Gasteiger partial charge in [0.15, 0.2) is 5.82 Å². The number of fused-ring (bicyclic) bond motifs is 1. The number of hydrogen-bond acceptors (Lipinski definition) is 6. The fraction of sp³-hybridized carbons (Fsp3) is 0.409. The first kappa shape index (κ1) is 20.9. The Labute approximate surface area is 180 Å². The number of anilines is 3. The van der Waals surface area contributed by atoms with Crippen LogP contribution in [0.3, 0.4) is 0 Å². The Kier molecular flexibility index (Phi) is 6.22. The Balaban J connectivity index is 1.43. The highest BCUT2D eigenvalue weighted by Crippen LogP contribution is 2.31. The van der Waals surface area contributed by atoms with Gasteiger partial charge in [-0.3, -0.25) is 24.3 Å². The van der Waals surface area contributed by atoms with Crippen molar-refractivity contribution in [2.45, 2.75) is 32.2 Å². The maximum atomic E-state index is 13.3. The number of aromatic nitrogens is 2. The SMILES string of the molecule is C[C@@H]1CC(=O)Nc2ccccc2N1C(=O)CN1CCC[C@H](C(=O)Nc2cnccn2)C1. The molecule has 4 rings (SSSR count). The molecule has 2 aliphatic rings. The number of nitrogens with one attached hydrogen (secondary N) is 2. The van der Waals surface area contributed by atoms with E-state index in [1.807, 2.05) is 30.0 Å². The largest absolute Gasteiger partial charge is 0.324 e. The van der Waals surface area contributed by atoms with Crippen molar-refractivity contribution in [1.82, 2.24) is 14.9 Å². The van der Waals surface area contributed by atoms with Crippen molar-refractivity contribution in [2.24, 2.45) is 5.92 Å². The van der Waals surface area contributed by atoms with Crippen LogP contribution in [0, 0.1) is 5.92 Å². The number of carbonyl (C=O) groups excluding carboxylic acids is 3. The van der Waals surface area contributed by atoms with Gasteiger partial charge < -0.3 is 15.5 Å². The summed E-state index contributed by atoms with van der Waals surface area (Å²) >= 11 is 0. The summed E-state index contributed by atoms with van der Waals surface area (Å²) in [6, 6.07) is 7.10. The molecule has 0 spiro atoms. The first-order valence-corrected chi connectivity index (χ1v) is 10.5. The fourth-order valence-corrected chi connectivity index (χ4v) is 4.24. The molecular weight excluding hydrogens is 396 g/mol. The Hall–Kier alpha value is -3.33. The molecule has 2 aliphatic heterocycles. The third kappa shape index (κ3) is 4.88. The molecular formula is C22H26N6O3. The highest BCUT2D eigenvalue weighted by atomic mass is 16.2. The van der Waals surface area contributed by atoms with Crippen LogP contribution in [0.4, 0.5) is 17.2 Å². The zero-order valence-corrected chi connectivity index (χ0v) is 17.5. The summed E-state index contributed by atoms with van der Waals surface area (Å²) in [6.07, 6.45) is 6.42. The number of rotatable bonds is 4. The molecule has 3 amide bonds. The van der Waals surface area contributed by atoms with Gasteiger partial charge in [-0.2, -0.15) is 0 Å². The topological polar surface area (TPSA) is 108 Å². The van der Waals surface area contributed by atoms with Crippen LogP contribution in [-0.4, -0.2) is 58.3 Å². The van der Waals surface area contributed by atoms with E-state index in [0.717, 1.165) is 19.4 Å². The summed E-state index contributed by atoms with van der Waals surface area (Å²) in [5, 5.41) is 5.68. The third-order valence-corrected chi connectivity index (χ3v) is 5.68. The molecule has 2 aromatic rings. The van der Waals surface area contributed by atoms with Crippen LogP contribution < -0.4 is 15.5 Å². The van der Waals surface area contributed by atoms with Crippen molar-refractivity contribution < 1.29 is 14.4 Å². The number of carbonyl (C=O) groups is 3. The highest BCUT2D eigenvalue weighted by molar-refractivity contribution is 6.05. The normalized spacial score (nSPS) is 21.6. The molecule has 162 valence electrons. The molecule has 2 N–H and O–H groups in total. The Morgan fingerprint density at radius 3 is 2.90 bits per heavy atom. The third-order valence-electron chi connectivity index (χ3n) is 5.68. The lowest BCUT2D eigenvalue weighted by Gasteiger charge is -2.34. The van der Waals surface area contributed by atoms with Crippen LogP contribution in [0.1, 0.15) is 26.2 Å². The van der Waals surface area contributed by atoms with E-state index in [-0.39, 0.29) is 42.6 Å². The molecule has 9 heteroatoms. The van der Waals surface area contributed by atoms with E-state index in [1.165, 1.54) is 12.4 Å². The van der Waals surface area contributed by atoms with Gasteiger partial charge in [0.05, 0.1) is 30.0 Å². The average molecular weight is 422 g/mol. The first-order chi connectivity index (χ1) is 15.0. The first-order valence-electron chi connectivity index (χ1n) is 10.5. The number of nitrogens with zero attached hydrogens (tertiary/aromatic N) is 4. The summed E-state index contributed by atoms with van der Waals surface area (Å²) in [7, 11) is 0. The Bertz CT molecular complexity index is 967. The summed E-state index contributed by atoms with van der Waals surface area (Å²) in [5.41, 5.74) is 1.35. The molecule has 1 aromatic heterocycles. The molecule has 1 fully saturated rings. The van der Waals surface area contributed by atoms with Crippen molar-refractivity contribution in [1.29, 1.82) is 0 Å². The predicted molar refractivity (Wildman–Crippen MR) is 116 cm³/mol. The number of piperidine rings is 1. The van der Waals surface area contributed by atoms with Gasteiger partial charge in [0, 0.05) is 31.4 Å². The number of likely N-dealkylation sites (tertiary alicyclic amines) is 1. The van der Waals surface area contributed by atoms with Gasteiger partial charge in [-0.1, -0.05) is 12.1 Å². The monoisotopic (exact) mass is 422 g/mol. The highest BCUT2D eigenvalue weighted by Gasteiger charge is 2.32. The van der Waals surface area contributed by atoms with E-state index in [4.69, 9.17) is 0 Å². The molecule has 1 aromatic carbocycles. The van der Waals surface area contributed by atoms with Gasteiger partial charge in [0.2, 0.25) is 17.7 Å². The second-order valence-corrected chi connectivity index (χ2v) is 8.04. The van der Waals surface area contributed by atoms with Crippen LogP contribution in [0.25, 0.3) is 0 Å². The number of benzene rings is 1. The van der Waals surface area contributed by atoms with Gasteiger partial charge in [0.1, 0.15) is 0 Å². The minimum absolute atomic E-state index is 0.0774. The lowest BCUT2D eigenvalue weighted by molar-refractivity contribution is -0.125. The zero-order valence-electron chi connectivity index (χ0n) is 17.5. The minimum atomic E-state index is -0.253. The van der Waals surface area contributed by atoms with E-state index in [9.17, 15) is 14.4 Å². The molecule has 3 heterocycles. The van der Waals surface area contributed by atoms with Gasteiger partial charge in [-0.15, -0.1) is 0 Å². The lowest BCUT2D eigenvalue weighted by atomic mass is 9.97. The molecule has 9 nitrogen and oxygen atoms in total. The second-order valence-electron chi connectivity index (χ2n) is 8.04. The van der Waals surface area contributed by atoms with Crippen LogP contribution in [0.15, 0.2) is 42.9 Å². The average Bonchev–Trinajstić information content (AvgIpc) is 2.88. The van der Waals surface area contributed by atoms with E-state index in [0.29, 0.717) is 23.7 Å². The molecule has 0 radical (unpaired) electrons. The van der Waals surface area contributed by atoms with Gasteiger partial charge in [-0.05, 0) is 38.4 Å². The summed E-state index contributed by atoms with van der Waals surface area (Å²) < 4.78 is 0. The molecule has 2 atom stereocenters. The molecule has 0 saturated carbocycles. The van der Waals surface area contributed by atoms with Gasteiger partial charge in [0.25, 0.3) is 0 Å². The van der Waals surface area contributed by atoms with Crippen LogP contribution in [-0.2, 0) is 14.4 Å². The summed E-state index contributed by atoms with van der Waals surface area (Å²) in [6.45, 7) is 3.33. The molecule has 0 aliphatic carbocycles. The minimum Gasteiger partial charge on any atom is -0.324 e. The molecule has 0 bridgehead atoms. The van der Waals surface area contributed by atoms with Gasteiger partial charge >= 0.3 is 0 Å². The van der Waals surface area contributed by atoms with Gasteiger partial charge in [-0.25, -0.2) is 4.98 Å². The van der Waals surface area contributed by atoms with Crippen molar-refractivity contribution in [3.8, 4) is 0 Å². The van der Waals surface area contributed by atoms with Crippen LogP contribution >= 0.6 is 0 Å². The van der Waals surface area contributed by atoms with Crippen molar-refractivity contribution in [3.05, 3.63) is 42.9 Å². The fourth-order valence-electron chi connectivity index (χ4n) is 4.24. The Morgan fingerprint density at radius 1 is 1.26 bits per heavy atom. The maximum absolute atomic E-state index is 13.3. The van der Waals surface area contributed by atoms with Crippen molar-refractivity contribution in [2.75, 3.05) is 35.2 Å². The van der Waals surface area contributed by atoms with Crippen molar-refractivity contribution >= 4 is 34.9 Å².